The molecule has 0 radical (unpaired) electrons. The minimum absolute atomic E-state index is 0.0984. The van der Waals surface area contributed by atoms with Gasteiger partial charge in [0.2, 0.25) is 0 Å². The van der Waals surface area contributed by atoms with E-state index in [1.54, 1.807) is 0 Å². The highest BCUT2D eigenvalue weighted by Crippen LogP contribution is 2.55. The molecule has 4 fully saturated rings. The number of carbonyl (C=O) groups is 1. The van der Waals surface area contributed by atoms with E-state index in [-0.39, 0.29) is 11.8 Å². The van der Waals surface area contributed by atoms with Crippen molar-refractivity contribution in [3.63, 3.8) is 0 Å². The molecule has 0 aromatic heterocycles. The van der Waals surface area contributed by atoms with Gasteiger partial charge in [-0.1, -0.05) is 0 Å². The Bertz CT molecular complexity index is 230. The molecule has 0 aliphatic heterocycles. The molecule has 4 aliphatic rings. The number of hydrogen-bond donors (Lipinski definition) is 0. The van der Waals surface area contributed by atoms with Gasteiger partial charge in [-0.05, 0) is 38.0 Å². The Morgan fingerprint density at radius 3 is 2.25 bits per heavy atom. The van der Waals surface area contributed by atoms with E-state index in [1.165, 1.54) is 0 Å². The number of ketones is 1. The van der Waals surface area contributed by atoms with Gasteiger partial charge in [-0.25, -0.2) is 4.39 Å². The molecule has 4 saturated carbocycles. The largest absolute Gasteiger partial charge is 0.299 e. The van der Waals surface area contributed by atoms with Crippen LogP contribution in [0.2, 0.25) is 0 Å². The van der Waals surface area contributed by atoms with Gasteiger partial charge in [0.1, 0.15) is 11.5 Å². The second kappa shape index (κ2) is 1.91. The van der Waals surface area contributed by atoms with Gasteiger partial charge < -0.3 is 0 Å². The van der Waals surface area contributed by atoms with Gasteiger partial charge >= 0.3 is 0 Å². The Hall–Kier alpha value is -0.400. The predicted molar refractivity (Wildman–Crippen MR) is 42.4 cm³/mol. The summed E-state index contributed by atoms with van der Waals surface area (Å²) in [6.45, 7) is 0. The highest BCUT2D eigenvalue weighted by molar-refractivity contribution is 5.85. The Morgan fingerprint density at radius 2 is 1.75 bits per heavy atom. The third kappa shape index (κ3) is 0.758. The van der Waals surface area contributed by atoms with Crippen LogP contribution in [0.3, 0.4) is 0 Å². The summed E-state index contributed by atoms with van der Waals surface area (Å²) < 4.78 is 13.9. The van der Waals surface area contributed by atoms with Crippen molar-refractivity contribution < 1.29 is 9.18 Å². The van der Waals surface area contributed by atoms with Crippen LogP contribution < -0.4 is 0 Å². The molecule has 0 heterocycles. The van der Waals surface area contributed by atoms with Crippen molar-refractivity contribution in [2.24, 2.45) is 17.8 Å². The highest BCUT2D eigenvalue weighted by atomic mass is 19.1. The molecule has 2 heteroatoms. The van der Waals surface area contributed by atoms with Crippen LogP contribution in [-0.2, 0) is 4.79 Å². The molecule has 0 saturated heterocycles. The number of hydrogen-bond acceptors (Lipinski definition) is 1. The average molecular weight is 168 g/mol. The minimum atomic E-state index is -0.940. The lowest BCUT2D eigenvalue weighted by atomic mass is 9.54. The maximum atomic E-state index is 13.9. The summed E-state index contributed by atoms with van der Waals surface area (Å²) in [6, 6.07) is 0. The Morgan fingerprint density at radius 1 is 1.17 bits per heavy atom. The maximum Gasteiger partial charge on any atom is 0.139 e. The molecule has 1 nitrogen and oxygen atoms in total. The Labute approximate surface area is 71.3 Å². The number of halogens is 1. The Balaban J connectivity index is 2.00. The molecule has 0 aromatic rings. The quantitative estimate of drug-likeness (QED) is 0.541. The molecular weight excluding hydrogens is 155 g/mol. The first kappa shape index (κ1) is 7.05. The van der Waals surface area contributed by atoms with E-state index < -0.39 is 5.67 Å². The topological polar surface area (TPSA) is 17.1 Å². The fourth-order valence-corrected chi connectivity index (χ4v) is 3.65. The van der Waals surface area contributed by atoms with Crippen molar-refractivity contribution in [3.05, 3.63) is 0 Å². The first-order valence-electron chi connectivity index (χ1n) is 4.89. The highest BCUT2D eigenvalue weighted by Gasteiger charge is 2.55. The number of alkyl halides is 1. The predicted octanol–water partition coefficient (Wildman–Crippen LogP) is 2.10. The molecule has 4 aliphatic carbocycles. The van der Waals surface area contributed by atoms with Crippen LogP contribution in [-0.4, -0.2) is 11.5 Å². The second-order valence-corrected chi connectivity index (χ2v) is 4.90. The van der Waals surface area contributed by atoms with E-state index in [1.807, 2.05) is 0 Å². The molecule has 66 valence electrons. The summed E-state index contributed by atoms with van der Waals surface area (Å²) in [6.07, 6.45) is 3.80. The van der Waals surface area contributed by atoms with Crippen molar-refractivity contribution in [1.29, 1.82) is 0 Å². The van der Waals surface area contributed by atoms with Gasteiger partial charge in [0.05, 0.1) is 0 Å². The average Bonchev–Trinajstić information content (AvgIpc) is 1.96. The molecular formula is C10H13FO. The third-order valence-corrected chi connectivity index (χ3v) is 3.92. The standard InChI is InChI=1S/C10H13FO/c11-10-3-6-1-7(4-10)9(12)8(2-6)5-10/h6-8H,1-5H2. The molecule has 0 aromatic carbocycles. The van der Waals surface area contributed by atoms with Crippen LogP contribution in [0, 0.1) is 17.8 Å². The third-order valence-electron chi connectivity index (χ3n) is 3.92. The van der Waals surface area contributed by atoms with Gasteiger partial charge in [0.15, 0.2) is 0 Å². The molecule has 2 unspecified atom stereocenters. The zero-order valence-electron chi connectivity index (χ0n) is 7.05. The monoisotopic (exact) mass is 168 g/mol. The van der Waals surface area contributed by atoms with Crippen LogP contribution in [0.5, 0.6) is 0 Å². The lowest BCUT2D eigenvalue weighted by Gasteiger charge is -2.51. The minimum Gasteiger partial charge on any atom is -0.299 e. The molecule has 0 amide bonds. The van der Waals surface area contributed by atoms with Crippen molar-refractivity contribution >= 4 is 5.78 Å². The summed E-state index contributed by atoms with van der Waals surface area (Å²) in [5.41, 5.74) is -0.940. The van der Waals surface area contributed by atoms with Crippen LogP contribution in [0.1, 0.15) is 32.1 Å². The number of rotatable bonds is 0. The molecule has 4 bridgehead atoms. The summed E-state index contributed by atoms with van der Waals surface area (Å²) >= 11 is 0. The van der Waals surface area contributed by atoms with Crippen LogP contribution in [0.25, 0.3) is 0 Å². The van der Waals surface area contributed by atoms with Gasteiger partial charge in [0, 0.05) is 11.8 Å². The lowest BCUT2D eigenvalue weighted by Crippen LogP contribution is -2.52. The van der Waals surface area contributed by atoms with E-state index in [9.17, 15) is 9.18 Å². The lowest BCUT2D eigenvalue weighted by molar-refractivity contribution is -0.149. The van der Waals surface area contributed by atoms with Crippen molar-refractivity contribution in [2.75, 3.05) is 0 Å². The normalized spacial score (nSPS) is 56.4. The summed E-state index contributed by atoms with van der Waals surface area (Å²) in [5.74, 6) is 1.10. The van der Waals surface area contributed by atoms with Crippen molar-refractivity contribution in [1.82, 2.24) is 0 Å². The van der Waals surface area contributed by atoms with Crippen molar-refractivity contribution in [2.45, 2.75) is 37.8 Å². The zero-order valence-corrected chi connectivity index (χ0v) is 7.05. The van der Waals surface area contributed by atoms with Gasteiger partial charge in [-0.3, -0.25) is 4.79 Å². The molecule has 0 N–H and O–H groups in total. The van der Waals surface area contributed by atoms with Gasteiger partial charge in [-0.15, -0.1) is 0 Å². The van der Waals surface area contributed by atoms with E-state index >= 15 is 0 Å². The first-order valence-corrected chi connectivity index (χ1v) is 4.89. The van der Waals surface area contributed by atoms with E-state index in [4.69, 9.17) is 0 Å². The molecule has 0 spiro atoms. The summed E-state index contributed by atoms with van der Waals surface area (Å²) in [4.78, 5) is 11.5. The molecule has 12 heavy (non-hydrogen) atoms. The van der Waals surface area contributed by atoms with Crippen LogP contribution >= 0.6 is 0 Å². The second-order valence-electron chi connectivity index (χ2n) is 4.90. The summed E-state index contributed by atoms with van der Waals surface area (Å²) in [7, 11) is 0. The maximum absolute atomic E-state index is 13.9. The zero-order chi connectivity index (χ0) is 8.34. The van der Waals surface area contributed by atoms with Crippen LogP contribution in [0.4, 0.5) is 4.39 Å². The first-order chi connectivity index (χ1) is 5.66. The number of Topliss-reactive ketones (excluding diaryl/α,β-unsaturated/α-hetero) is 1. The fraction of sp³-hybridized carbons (Fsp3) is 0.900. The number of carbonyl (C=O) groups excluding carboxylic acids is 1. The van der Waals surface area contributed by atoms with Crippen LogP contribution in [0.15, 0.2) is 0 Å². The van der Waals surface area contributed by atoms with E-state index in [0.717, 1.165) is 19.3 Å². The summed E-state index contributed by atoms with van der Waals surface area (Å²) in [5, 5.41) is 0. The Kier molecular flexibility index (Phi) is 1.12. The fourth-order valence-electron chi connectivity index (χ4n) is 3.65. The van der Waals surface area contributed by atoms with E-state index in [2.05, 4.69) is 0 Å². The smallest absolute Gasteiger partial charge is 0.139 e. The molecule has 2 atom stereocenters. The van der Waals surface area contributed by atoms with E-state index in [0.29, 0.717) is 24.5 Å². The SMILES string of the molecule is O=C1C2CC3CC1CC(F)(C3)C2. The van der Waals surface area contributed by atoms with Gasteiger partial charge in [-0.2, -0.15) is 0 Å². The molecule has 4 rings (SSSR count). The van der Waals surface area contributed by atoms with Crippen molar-refractivity contribution in [3.8, 4) is 0 Å². The van der Waals surface area contributed by atoms with Gasteiger partial charge in [0.25, 0.3) is 0 Å².